The van der Waals surface area contributed by atoms with Crippen molar-refractivity contribution in [1.82, 2.24) is 14.0 Å². The monoisotopic (exact) mass is 415 g/mol. The molecule has 0 aliphatic rings. The Morgan fingerprint density at radius 3 is 1.55 bits per heavy atom. The number of rotatable bonds is 8. The van der Waals surface area contributed by atoms with Gasteiger partial charge in [0.2, 0.25) is 0 Å². The molecule has 0 amide bonds. The summed E-state index contributed by atoms with van der Waals surface area (Å²) in [6, 6.07) is 0. The maximum Gasteiger partial charge on any atom is 0.404 e. The first-order chi connectivity index (χ1) is 13.4. The van der Waals surface area contributed by atoms with E-state index in [4.69, 9.17) is 0 Å². The molecule has 1 rings (SSSR count). The van der Waals surface area contributed by atoms with Crippen molar-refractivity contribution >= 4 is 17.9 Å². The van der Waals surface area contributed by atoms with Gasteiger partial charge in [0.1, 0.15) is 0 Å². The Hall–Kier alpha value is -4.08. The third-order valence-electron chi connectivity index (χ3n) is 2.83. The van der Waals surface area contributed by atoms with Crippen LogP contribution in [0.2, 0.25) is 0 Å². The molecular weight excluding hydrogens is 402 g/mol. The summed E-state index contributed by atoms with van der Waals surface area (Å²) < 4.78 is 2.31. The molecule has 1 heterocycles. The molecule has 15 nitrogen and oxygen atoms in total. The van der Waals surface area contributed by atoms with Crippen LogP contribution in [0, 0.1) is 0 Å². The summed E-state index contributed by atoms with van der Waals surface area (Å²) in [5.41, 5.74) is -5.99. The number of esters is 1. The lowest BCUT2D eigenvalue weighted by molar-refractivity contribution is -0.346. The van der Waals surface area contributed by atoms with E-state index in [1.807, 2.05) is 0 Å². The normalized spacial score (nSPS) is 11.7. The fourth-order valence-electron chi connectivity index (χ4n) is 1.55. The highest BCUT2D eigenvalue weighted by Gasteiger charge is 2.44. The van der Waals surface area contributed by atoms with Crippen molar-refractivity contribution in [2.75, 3.05) is 0 Å². The molecule has 29 heavy (non-hydrogen) atoms. The lowest BCUT2D eigenvalue weighted by Gasteiger charge is -2.27. The quantitative estimate of drug-likeness (QED) is 0.207. The molecule has 0 saturated carbocycles. The third kappa shape index (κ3) is 4.61. The summed E-state index contributed by atoms with van der Waals surface area (Å²) in [5, 5.41) is 29.6. The Labute approximate surface area is 158 Å². The standard InChI is InChI=1S/C14H13N3O12/c1-4-7(18)27-10(21)14(25,26)15-11(22)16(28-8(19)5-2)13(24)17(12(15)23)29-9(20)6-3/h4-6,10,21,25-26H,1-3H2. The lowest BCUT2D eigenvalue weighted by atomic mass is 10.4. The summed E-state index contributed by atoms with van der Waals surface area (Å²) in [6.07, 6.45) is -1.57. The van der Waals surface area contributed by atoms with Gasteiger partial charge < -0.3 is 29.7 Å². The Bertz CT molecular complexity index is 997. The second-order valence-corrected chi connectivity index (χ2v) is 4.68. The average molecular weight is 415 g/mol. The number of ether oxygens (including phenoxy) is 1. The zero-order chi connectivity index (χ0) is 22.5. The van der Waals surface area contributed by atoms with Gasteiger partial charge in [-0.15, -0.1) is 0 Å². The van der Waals surface area contributed by atoms with E-state index in [1.165, 1.54) is 0 Å². The van der Waals surface area contributed by atoms with Gasteiger partial charge in [0.25, 0.3) is 6.29 Å². The van der Waals surface area contributed by atoms with E-state index in [0.29, 0.717) is 18.2 Å². The van der Waals surface area contributed by atoms with Gasteiger partial charge in [-0.05, 0) is 0 Å². The average Bonchev–Trinajstić information content (AvgIpc) is 2.67. The highest BCUT2D eigenvalue weighted by atomic mass is 16.7. The van der Waals surface area contributed by atoms with E-state index in [1.54, 1.807) is 0 Å². The number of aromatic nitrogens is 3. The van der Waals surface area contributed by atoms with E-state index in [0.717, 1.165) is 0 Å². The van der Waals surface area contributed by atoms with E-state index < -0.39 is 61.2 Å². The largest absolute Gasteiger partial charge is 0.424 e. The van der Waals surface area contributed by atoms with Crippen LogP contribution in [0.5, 0.6) is 0 Å². The molecule has 3 N–H and O–H groups in total. The van der Waals surface area contributed by atoms with Gasteiger partial charge >= 0.3 is 40.9 Å². The fraction of sp³-hybridized carbons (Fsp3) is 0.143. The Kier molecular flexibility index (Phi) is 6.92. The molecule has 1 atom stereocenters. The maximum atomic E-state index is 12.3. The van der Waals surface area contributed by atoms with Gasteiger partial charge in [-0.25, -0.2) is 28.8 Å². The second kappa shape index (κ2) is 8.74. The molecule has 15 heteroatoms. The SMILES string of the molecule is C=CC(=O)OC(O)C(O)(O)n1c(=O)n(OC(=O)C=C)c(=O)n(OC(=O)C=C)c1=O. The predicted molar refractivity (Wildman–Crippen MR) is 87.5 cm³/mol. The highest BCUT2D eigenvalue weighted by molar-refractivity contribution is 5.82. The molecule has 0 spiro atoms. The first-order valence-corrected chi connectivity index (χ1v) is 7.09. The fourth-order valence-corrected chi connectivity index (χ4v) is 1.55. The third-order valence-corrected chi connectivity index (χ3v) is 2.83. The van der Waals surface area contributed by atoms with Crippen LogP contribution in [0.1, 0.15) is 0 Å². The van der Waals surface area contributed by atoms with Crippen LogP contribution < -0.4 is 26.7 Å². The van der Waals surface area contributed by atoms with E-state index in [2.05, 4.69) is 34.1 Å². The van der Waals surface area contributed by atoms with Crippen LogP contribution in [0.15, 0.2) is 52.3 Å². The molecule has 1 aromatic rings. The molecule has 0 aliphatic heterocycles. The zero-order valence-corrected chi connectivity index (χ0v) is 14.3. The zero-order valence-electron chi connectivity index (χ0n) is 14.3. The number of carbonyl (C=O) groups is 3. The Balaban J connectivity index is 3.87. The van der Waals surface area contributed by atoms with Crippen molar-refractivity contribution in [3.8, 4) is 0 Å². The van der Waals surface area contributed by atoms with Crippen LogP contribution >= 0.6 is 0 Å². The van der Waals surface area contributed by atoms with Crippen molar-refractivity contribution in [2.24, 2.45) is 0 Å². The number of hydrogen-bond donors (Lipinski definition) is 3. The van der Waals surface area contributed by atoms with Crippen LogP contribution in [-0.4, -0.2) is 53.5 Å². The summed E-state index contributed by atoms with van der Waals surface area (Å²) in [6.45, 7) is 8.94. The minimum atomic E-state index is -4.05. The molecular formula is C14H13N3O12. The molecule has 156 valence electrons. The van der Waals surface area contributed by atoms with Gasteiger partial charge in [0.05, 0.1) is 0 Å². The molecule has 1 aromatic heterocycles. The number of carbonyl (C=O) groups excluding carboxylic acids is 3. The van der Waals surface area contributed by atoms with Crippen LogP contribution in [0.4, 0.5) is 0 Å². The smallest absolute Gasteiger partial charge is 0.404 e. The highest BCUT2D eigenvalue weighted by Crippen LogP contribution is 2.11. The number of aliphatic hydroxyl groups is 3. The maximum absolute atomic E-state index is 12.3. The van der Waals surface area contributed by atoms with Crippen molar-refractivity contribution < 1.29 is 44.1 Å². The van der Waals surface area contributed by atoms with E-state index >= 15 is 0 Å². The Morgan fingerprint density at radius 2 is 1.21 bits per heavy atom. The van der Waals surface area contributed by atoms with E-state index in [-0.39, 0.29) is 0 Å². The van der Waals surface area contributed by atoms with Crippen molar-refractivity contribution in [3.63, 3.8) is 0 Å². The Morgan fingerprint density at radius 1 is 0.828 bits per heavy atom. The topological polar surface area (TPSA) is 206 Å². The molecule has 0 aromatic carbocycles. The second-order valence-electron chi connectivity index (χ2n) is 4.68. The first kappa shape index (κ1) is 23.0. The van der Waals surface area contributed by atoms with Crippen molar-refractivity contribution in [3.05, 3.63) is 69.4 Å². The molecule has 0 aliphatic carbocycles. The van der Waals surface area contributed by atoms with Crippen LogP contribution in [-0.2, 0) is 25.0 Å². The number of aliphatic hydroxyl groups excluding tert-OH is 1. The van der Waals surface area contributed by atoms with Crippen molar-refractivity contribution in [2.45, 2.75) is 12.2 Å². The van der Waals surface area contributed by atoms with Gasteiger partial charge in [0.15, 0.2) is 0 Å². The minimum absolute atomic E-state index is 0.479. The number of hydrogen-bond acceptors (Lipinski definition) is 12. The van der Waals surface area contributed by atoms with Crippen LogP contribution in [0.25, 0.3) is 0 Å². The van der Waals surface area contributed by atoms with Crippen LogP contribution in [0.3, 0.4) is 0 Å². The van der Waals surface area contributed by atoms with Gasteiger partial charge in [-0.1, -0.05) is 29.2 Å². The first-order valence-electron chi connectivity index (χ1n) is 7.09. The lowest BCUT2D eigenvalue weighted by Crippen LogP contribution is -2.66. The number of nitrogens with zero attached hydrogens (tertiary/aromatic N) is 3. The minimum Gasteiger partial charge on any atom is -0.424 e. The molecule has 0 fully saturated rings. The molecule has 0 saturated heterocycles. The molecule has 0 radical (unpaired) electrons. The summed E-state index contributed by atoms with van der Waals surface area (Å²) >= 11 is 0. The molecule has 0 bridgehead atoms. The molecule has 1 unspecified atom stereocenters. The predicted octanol–water partition coefficient (Wildman–Crippen LogP) is -4.90. The van der Waals surface area contributed by atoms with Gasteiger partial charge in [0, 0.05) is 18.2 Å². The summed E-state index contributed by atoms with van der Waals surface area (Å²) in [5.74, 6) is -8.33. The van der Waals surface area contributed by atoms with E-state index in [9.17, 15) is 44.1 Å². The van der Waals surface area contributed by atoms with Gasteiger partial charge in [-0.3, -0.25) is 0 Å². The van der Waals surface area contributed by atoms with Crippen molar-refractivity contribution in [1.29, 1.82) is 0 Å². The van der Waals surface area contributed by atoms with Gasteiger partial charge in [-0.2, -0.15) is 4.57 Å². The summed E-state index contributed by atoms with van der Waals surface area (Å²) in [4.78, 5) is 79.1. The summed E-state index contributed by atoms with van der Waals surface area (Å²) in [7, 11) is 0.